The van der Waals surface area contributed by atoms with Crippen LogP contribution in [0.3, 0.4) is 0 Å². The molecule has 1 aliphatic rings. The monoisotopic (exact) mass is 418 g/mol. The molecule has 0 spiro atoms. The summed E-state index contributed by atoms with van der Waals surface area (Å²) in [5.41, 5.74) is 9.41. The van der Waals surface area contributed by atoms with Gasteiger partial charge in [0.15, 0.2) is 0 Å². The van der Waals surface area contributed by atoms with Gasteiger partial charge >= 0.3 is 0 Å². The van der Waals surface area contributed by atoms with Crippen molar-refractivity contribution in [3.63, 3.8) is 0 Å². The number of nitrogens with one attached hydrogen (secondary N) is 1. The Morgan fingerprint density at radius 3 is 2.45 bits per heavy atom. The van der Waals surface area contributed by atoms with E-state index in [4.69, 9.17) is 0 Å². The molecule has 0 saturated carbocycles. The van der Waals surface area contributed by atoms with Gasteiger partial charge in [-0.1, -0.05) is 58.1 Å². The lowest BCUT2D eigenvalue weighted by molar-refractivity contribution is 0.255. The van der Waals surface area contributed by atoms with E-state index in [2.05, 4.69) is 89.3 Å². The van der Waals surface area contributed by atoms with Crippen molar-refractivity contribution in [3.8, 4) is 0 Å². The van der Waals surface area contributed by atoms with Gasteiger partial charge in [0.05, 0.1) is 5.69 Å². The van der Waals surface area contributed by atoms with Gasteiger partial charge in [0.25, 0.3) is 0 Å². The van der Waals surface area contributed by atoms with Gasteiger partial charge < -0.3 is 9.88 Å². The Bertz CT molecular complexity index is 978. The van der Waals surface area contributed by atoms with E-state index >= 15 is 0 Å². The number of benzene rings is 1. The van der Waals surface area contributed by atoms with E-state index in [-0.39, 0.29) is 0 Å². The van der Waals surface area contributed by atoms with Crippen LogP contribution in [-0.4, -0.2) is 30.0 Å². The first-order valence-electron chi connectivity index (χ1n) is 12.1. The van der Waals surface area contributed by atoms with Crippen molar-refractivity contribution in [2.45, 2.75) is 72.6 Å². The number of rotatable bonds is 7. The molecule has 1 atom stereocenters. The van der Waals surface area contributed by atoms with Crippen LogP contribution in [0.5, 0.6) is 0 Å². The van der Waals surface area contributed by atoms with Crippen molar-refractivity contribution in [3.05, 3.63) is 64.9 Å². The predicted molar refractivity (Wildman–Crippen MR) is 138 cm³/mol. The second-order valence-electron chi connectivity index (χ2n) is 9.95. The average molecular weight is 419 g/mol. The molecule has 1 aromatic heterocycles. The number of aromatic amines is 1. The standard InChI is InChI=1S/C29H42N2/c1-9-20(5)22(7)17-25(21(6)10-2)29-28(19(3)4)26-18-24(11-12-27(26)30-29)23-13-15-31(8)16-14-23/h10-12,17-20,23,30H,2,9,13-16H2,1,3-8H3/b22-17-,25-21+. The Labute approximate surface area is 190 Å². The maximum atomic E-state index is 4.08. The summed E-state index contributed by atoms with van der Waals surface area (Å²) >= 11 is 0. The van der Waals surface area contributed by atoms with Gasteiger partial charge in [0, 0.05) is 16.5 Å². The molecule has 1 unspecified atom stereocenters. The summed E-state index contributed by atoms with van der Waals surface area (Å²) in [5.74, 6) is 1.70. The van der Waals surface area contributed by atoms with Gasteiger partial charge in [-0.15, -0.1) is 0 Å². The van der Waals surface area contributed by atoms with Crippen LogP contribution in [0.25, 0.3) is 16.5 Å². The molecule has 2 nitrogen and oxygen atoms in total. The minimum atomic E-state index is 0.446. The topological polar surface area (TPSA) is 19.0 Å². The largest absolute Gasteiger partial charge is 0.354 e. The lowest BCUT2D eigenvalue weighted by Gasteiger charge is -2.29. The third-order valence-corrected chi connectivity index (χ3v) is 7.39. The fourth-order valence-corrected chi connectivity index (χ4v) is 4.82. The molecule has 0 amide bonds. The molecule has 2 heteroatoms. The first kappa shape index (κ1) is 23.6. The van der Waals surface area contributed by atoms with E-state index in [1.807, 2.05) is 6.08 Å². The molecule has 31 heavy (non-hydrogen) atoms. The highest BCUT2D eigenvalue weighted by molar-refractivity contribution is 5.93. The summed E-state index contributed by atoms with van der Waals surface area (Å²) < 4.78 is 0. The lowest BCUT2D eigenvalue weighted by Crippen LogP contribution is -2.29. The van der Waals surface area contributed by atoms with Crippen LogP contribution in [0, 0.1) is 5.92 Å². The van der Waals surface area contributed by atoms with Gasteiger partial charge in [-0.3, -0.25) is 0 Å². The van der Waals surface area contributed by atoms with E-state index in [0.717, 1.165) is 6.42 Å². The average Bonchev–Trinajstić information content (AvgIpc) is 3.15. The van der Waals surface area contributed by atoms with Gasteiger partial charge in [0.2, 0.25) is 0 Å². The van der Waals surface area contributed by atoms with Crippen molar-refractivity contribution >= 4 is 16.5 Å². The van der Waals surface area contributed by atoms with Crippen LogP contribution in [0.2, 0.25) is 0 Å². The lowest BCUT2D eigenvalue weighted by atomic mass is 9.87. The molecule has 2 aromatic rings. The Kier molecular flexibility index (Phi) is 7.64. The van der Waals surface area contributed by atoms with Gasteiger partial charge in [0.1, 0.15) is 0 Å². The van der Waals surface area contributed by atoms with Crippen LogP contribution in [0.1, 0.15) is 89.5 Å². The van der Waals surface area contributed by atoms with Crippen LogP contribution in [0.15, 0.2) is 48.1 Å². The van der Waals surface area contributed by atoms with Crippen molar-refractivity contribution < 1.29 is 0 Å². The molecule has 168 valence electrons. The quantitative estimate of drug-likeness (QED) is 0.451. The number of H-pyrrole nitrogens is 1. The van der Waals surface area contributed by atoms with Crippen LogP contribution in [-0.2, 0) is 0 Å². The van der Waals surface area contributed by atoms with Crippen LogP contribution >= 0.6 is 0 Å². The summed E-state index contributed by atoms with van der Waals surface area (Å²) in [6, 6.07) is 7.14. The van der Waals surface area contributed by atoms with Gasteiger partial charge in [-0.25, -0.2) is 0 Å². The third-order valence-electron chi connectivity index (χ3n) is 7.39. The fourth-order valence-electron chi connectivity index (χ4n) is 4.82. The highest BCUT2D eigenvalue weighted by atomic mass is 15.1. The first-order valence-corrected chi connectivity index (χ1v) is 12.1. The normalized spacial score (nSPS) is 18.5. The van der Waals surface area contributed by atoms with E-state index < -0.39 is 0 Å². The molecule has 2 heterocycles. The Morgan fingerprint density at radius 2 is 1.87 bits per heavy atom. The maximum Gasteiger partial charge on any atom is 0.0502 e. The van der Waals surface area contributed by atoms with E-state index in [1.54, 1.807) is 0 Å². The second kappa shape index (κ2) is 10.0. The van der Waals surface area contributed by atoms with Gasteiger partial charge in [-0.2, -0.15) is 0 Å². The smallest absolute Gasteiger partial charge is 0.0502 e. The molecule has 0 radical (unpaired) electrons. The summed E-state index contributed by atoms with van der Waals surface area (Å²) in [6.07, 6.45) is 8.06. The molecule has 1 aromatic carbocycles. The third kappa shape index (κ3) is 5.06. The molecule has 1 N–H and O–H groups in total. The Morgan fingerprint density at radius 1 is 1.19 bits per heavy atom. The zero-order chi connectivity index (χ0) is 22.7. The SMILES string of the molecule is C=C/C(C)=C(\C=C(\C)C(C)CC)c1[nH]c2ccc(C3CCN(C)CC3)cc2c1C(C)C. The van der Waals surface area contributed by atoms with Crippen molar-refractivity contribution in [1.82, 2.24) is 9.88 Å². The maximum absolute atomic E-state index is 4.08. The Hall–Kier alpha value is -2.06. The molecule has 1 aliphatic heterocycles. The minimum absolute atomic E-state index is 0.446. The number of hydrogen-bond donors (Lipinski definition) is 1. The first-order chi connectivity index (χ1) is 14.8. The molecule has 1 fully saturated rings. The van der Waals surface area contributed by atoms with E-state index in [9.17, 15) is 0 Å². The number of piperidine rings is 1. The van der Waals surface area contributed by atoms with Gasteiger partial charge in [-0.05, 0) is 99.8 Å². The number of allylic oxidation sites excluding steroid dienone is 5. The molecule has 1 saturated heterocycles. The predicted octanol–water partition coefficient (Wildman–Crippen LogP) is 8.05. The molecule has 0 bridgehead atoms. The summed E-state index contributed by atoms with van der Waals surface area (Å²) in [5, 5.41) is 1.39. The molecular formula is C29H42N2. The Balaban J connectivity index is 2.15. The van der Waals surface area contributed by atoms with Crippen LogP contribution in [0.4, 0.5) is 0 Å². The number of likely N-dealkylation sites (tertiary alicyclic amines) is 1. The molecule has 0 aliphatic carbocycles. The van der Waals surface area contributed by atoms with E-state index in [0.29, 0.717) is 17.8 Å². The zero-order valence-corrected chi connectivity index (χ0v) is 20.8. The number of aromatic nitrogens is 1. The van der Waals surface area contributed by atoms with E-state index in [1.165, 1.54) is 70.4 Å². The summed E-state index contributed by atoms with van der Waals surface area (Å²) in [6.45, 7) is 20.1. The van der Waals surface area contributed by atoms with Crippen molar-refractivity contribution in [2.75, 3.05) is 20.1 Å². The number of fused-ring (bicyclic) bond motifs is 1. The highest BCUT2D eigenvalue weighted by Gasteiger charge is 2.22. The van der Waals surface area contributed by atoms with Crippen LogP contribution < -0.4 is 0 Å². The highest BCUT2D eigenvalue weighted by Crippen LogP contribution is 2.38. The second-order valence-corrected chi connectivity index (χ2v) is 9.95. The minimum Gasteiger partial charge on any atom is -0.354 e. The van der Waals surface area contributed by atoms with Crippen molar-refractivity contribution in [1.29, 1.82) is 0 Å². The number of nitrogens with zero attached hydrogens (tertiary/aromatic N) is 1. The fraction of sp³-hybridized carbons (Fsp3) is 0.517. The molecule has 3 rings (SSSR count). The summed E-state index contributed by atoms with van der Waals surface area (Å²) in [4.78, 5) is 6.25. The van der Waals surface area contributed by atoms with Crippen molar-refractivity contribution in [2.24, 2.45) is 5.92 Å². The summed E-state index contributed by atoms with van der Waals surface area (Å²) in [7, 11) is 2.24. The zero-order valence-electron chi connectivity index (χ0n) is 20.8. The molecular weight excluding hydrogens is 376 g/mol. The number of hydrogen-bond acceptors (Lipinski definition) is 1.